The second-order valence-corrected chi connectivity index (χ2v) is 5.79. The Kier molecular flexibility index (Phi) is 4.86. The predicted molar refractivity (Wildman–Crippen MR) is 91.5 cm³/mol. The van der Waals surface area contributed by atoms with Crippen molar-refractivity contribution in [1.82, 2.24) is 0 Å². The molecule has 4 nitrogen and oxygen atoms in total. The molecule has 3 rings (SSSR count). The maximum absolute atomic E-state index is 13.0. The fraction of sp³-hybridized carbons (Fsp3) is 0.350. The van der Waals surface area contributed by atoms with E-state index in [0.717, 1.165) is 17.5 Å². The fourth-order valence-corrected chi connectivity index (χ4v) is 3.43. The van der Waals surface area contributed by atoms with Crippen molar-refractivity contribution in [3.63, 3.8) is 0 Å². The molecule has 0 unspecified atom stereocenters. The molecule has 4 heteroatoms. The van der Waals surface area contributed by atoms with Crippen molar-refractivity contribution in [3.8, 4) is 11.5 Å². The van der Waals surface area contributed by atoms with Gasteiger partial charge < -0.3 is 14.2 Å². The molecule has 126 valence electrons. The highest BCUT2D eigenvalue weighted by Gasteiger charge is 2.48. The standard InChI is InChI=1S/C20H22O4/c1-3-23-14-8-13-20(19(21)22-2)15-9-4-6-11-17(15)24-18-12-7-5-10-16(18)20/h4-7,9-12H,3,8,13-14H2,1-2H3. The Hall–Kier alpha value is -2.33. The summed E-state index contributed by atoms with van der Waals surface area (Å²) in [6, 6.07) is 15.4. The van der Waals surface area contributed by atoms with E-state index in [1.807, 2.05) is 55.5 Å². The maximum Gasteiger partial charge on any atom is 0.321 e. The summed E-state index contributed by atoms with van der Waals surface area (Å²) in [5.41, 5.74) is 0.844. The summed E-state index contributed by atoms with van der Waals surface area (Å²) in [5, 5.41) is 0. The van der Waals surface area contributed by atoms with Crippen molar-refractivity contribution in [3.05, 3.63) is 59.7 Å². The molecule has 2 aromatic rings. The van der Waals surface area contributed by atoms with Crippen LogP contribution in [0.4, 0.5) is 0 Å². The lowest BCUT2D eigenvalue weighted by molar-refractivity contribution is -0.146. The average molecular weight is 326 g/mol. The number of rotatable bonds is 6. The third-order valence-electron chi connectivity index (χ3n) is 4.49. The molecule has 0 aromatic heterocycles. The van der Waals surface area contributed by atoms with Crippen LogP contribution in [-0.4, -0.2) is 26.3 Å². The Bertz CT molecular complexity index is 678. The average Bonchev–Trinajstić information content (AvgIpc) is 2.63. The highest BCUT2D eigenvalue weighted by atomic mass is 16.5. The van der Waals surface area contributed by atoms with Gasteiger partial charge in [0.15, 0.2) is 0 Å². The first-order valence-electron chi connectivity index (χ1n) is 8.27. The van der Waals surface area contributed by atoms with Gasteiger partial charge in [-0.2, -0.15) is 0 Å². The minimum absolute atomic E-state index is 0.262. The van der Waals surface area contributed by atoms with Crippen molar-refractivity contribution in [1.29, 1.82) is 0 Å². The van der Waals surface area contributed by atoms with Crippen LogP contribution in [-0.2, 0) is 19.7 Å². The van der Waals surface area contributed by atoms with E-state index in [-0.39, 0.29) is 5.97 Å². The van der Waals surface area contributed by atoms with E-state index in [1.165, 1.54) is 7.11 Å². The first-order valence-corrected chi connectivity index (χ1v) is 8.27. The van der Waals surface area contributed by atoms with Crippen molar-refractivity contribution in [2.24, 2.45) is 0 Å². The number of carbonyl (C=O) groups excluding carboxylic acids is 1. The molecule has 0 atom stereocenters. The second kappa shape index (κ2) is 7.05. The molecular formula is C20H22O4. The predicted octanol–water partition coefficient (Wildman–Crippen LogP) is 4.07. The minimum atomic E-state index is -0.864. The van der Waals surface area contributed by atoms with Crippen LogP contribution in [0.3, 0.4) is 0 Å². The van der Waals surface area contributed by atoms with Gasteiger partial charge in [0.05, 0.1) is 7.11 Å². The zero-order chi connectivity index (χ0) is 17.0. The van der Waals surface area contributed by atoms with E-state index < -0.39 is 5.41 Å². The first kappa shape index (κ1) is 16.5. The molecule has 1 aliphatic heterocycles. The van der Waals surface area contributed by atoms with E-state index in [0.29, 0.717) is 31.1 Å². The van der Waals surface area contributed by atoms with Crippen molar-refractivity contribution in [2.75, 3.05) is 20.3 Å². The molecule has 0 radical (unpaired) electrons. The van der Waals surface area contributed by atoms with Crippen molar-refractivity contribution >= 4 is 5.97 Å². The van der Waals surface area contributed by atoms with Gasteiger partial charge in [-0.15, -0.1) is 0 Å². The molecule has 2 aromatic carbocycles. The van der Waals surface area contributed by atoms with E-state index in [1.54, 1.807) is 0 Å². The monoisotopic (exact) mass is 326 g/mol. The highest BCUT2D eigenvalue weighted by Crippen LogP contribution is 2.50. The quantitative estimate of drug-likeness (QED) is 0.593. The van der Waals surface area contributed by atoms with E-state index >= 15 is 0 Å². The van der Waals surface area contributed by atoms with Gasteiger partial charge in [-0.05, 0) is 31.9 Å². The fourth-order valence-electron chi connectivity index (χ4n) is 3.43. The lowest BCUT2D eigenvalue weighted by Gasteiger charge is -2.38. The Morgan fingerprint density at radius 1 is 1.04 bits per heavy atom. The number of fused-ring (bicyclic) bond motifs is 2. The molecule has 0 saturated carbocycles. The van der Waals surface area contributed by atoms with Gasteiger partial charge in [0, 0.05) is 24.3 Å². The zero-order valence-corrected chi connectivity index (χ0v) is 14.1. The summed E-state index contributed by atoms with van der Waals surface area (Å²) >= 11 is 0. The van der Waals surface area contributed by atoms with Gasteiger partial charge >= 0.3 is 5.97 Å². The van der Waals surface area contributed by atoms with E-state index in [9.17, 15) is 4.79 Å². The van der Waals surface area contributed by atoms with Crippen LogP contribution >= 0.6 is 0 Å². The molecule has 0 saturated heterocycles. The highest BCUT2D eigenvalue weighted by molar-refractivity contribution is 5.90. The number of methoxy groups -OCH3 is 1. The van der Waals surface area contributed by atoms with E-state index in [4.69, 9.17) is 14.2 Å². The van der Waals surface area contributed by atoms with E-state index in [2.05, 4.69) is 0 Å². The van der Waals surface area contributed by atoms with Gasteiger partial charge in [-0.3, -0.25) is 4.79 Å². The Balaban J connectivity index is 2.13. The lowest BCUT2D eigenvalue weighted by Crippen LogP contribution is -2.40. The second-order valence-electron chi connectivity index (χ2n) is 5.79. The number of esters is 1. The van der Waals surface area contributed by atoms with Crippen LogP contribution in [0.1, 0.15) is 30.9 Å². The number of hydrogen-bond donors (Lipinski definition) is 0. The number of hydrogen-bond acceptors (Lipinski definition) is 4. The number of para-hydroxylation sites is 2. The van der Waals surface area contributed by atoms with Crippen LogP contribution in [0.15, 0.2) is 48.5 Å². The first-order chi connectivity index (χ1) is 11.7. The topological polar surface area (TPSA) is 44.8 Å². The molecule has 0 fully saturated rings. The van der Waals surface area contributed by atoms with Crippen molar-refractivity contribution < 1.29 is 19.0 Å². The third-order valence-corrected chi connectivity index (χ3v) is 4.49. The summed E-state index contributed by atoms with van der Waals surface area (Å²) in [7, 11) is 1.44. The Morgan fingerprint density at radius 3 is 2.17 bits per heavy atom. The van der Waals surface area contributed by atoms with Gasteiger partial charge in [-0.25, -0.2) is 0 Å². The molecule has 0 bridgehead atoms. The smallest absolute Gasteiger partial charge is 0.321 e. The molecule has 1 aliphatic rings. The van der Waals surface area contributed by atoms with Gasteiger partial charge in [0.1, 0.15) is 16.9 Å². The zero-order valence-electron chi connectivity index (χ0n) is 14.1. The lowest BCUT2D eigenvalue weighted by atomic mass is 9.69. The Labute approximate surface area is 142 Å². The largest absolute Gasteiger partial charge is 0.468 e. The summed E-state index contributed by atoms with van der Waals surface area (Å²) in [5.74, 6) is 1.15. The maximum atomic E-state index is 13.0. The van der Waals surface area contributed by atoms with Crippen LogP contribution < -0.4 is 4.74 Å². The SMILES string of the molecule is CCOCCCC1(C(=O)OC)c2ccccc2Oc2ccccc21. The number of carbonyl (C=O) groups is 1. The summed E-state index contributed by atoms with van der Waals surface area (Å²) < 4.78 is 16.7. The molecule has 0 aliphatic carbocycles. The van der Waals surface area contributed by atoms with Gasteiger partial charge in [0.25, 0.3) is 0 Å². The minimum Gasteiger partial charge on any atom is -0.468 e. The summed E-state index contributed by atoms with van der Waals surface area (Å²) in [6.45, 7) is 3.25. The molecule has 24 heavy (non-hydrogen) atoms. The van der Waals surface area contributed by atoms with Gasteiger partial charge in [0.2, 0.25) is 0 Å². The van der Waals surface area contributed by atoms with Crippen LogP contribution in [0, 0.1) is 0 Å². The molecule has 0 N–H and O–H groups in total. The summed E-state index contributed by atoms with van der Waals surface area (Å²) in [6.07, 6.45) is 1.36. The molecular weight excluding hydrogens is 304 g/mol. The number of benzene rings is 2. The molecule has 1 heterocycles. The third kappa shape index (κ3) is 2.67. The van der Waals surface area contributed by atoms with Gasteiger partial charge in [-0.1, -0.05) is 36.4 Å². The molecule has 0 spiro atoms. The normalized spacial score (nSPS) is 14.2. The molecule has 0 amide bonds. The van der Waals surface area contributed by atoms with Crippen LogP contribution in [0.25, 0.3) is 0 Å². The Morgan fingerprint density at radius 2 is 1.62 bits per heavy atom. The van der Waals surface area contributed by atoms with Crippen LogP contribution in [0.2, 0.25) is 0 Å². The number of ether oxygens (including phenoxy) is 3. The van der Waals surface area contributed by atoms with Crippen molar-refractivity contribution in [2.45, 2.75) is 25.2 Å². The summed E-state index contributed by atoms with van der Waals surface area (Å²) in [4.78, 5) is 13.0. The van der Waals surface area contributed by atoms with Crippen LogP contribution in [0.5, 0.6) is 11.5 Å².